The van der Waals surface area contributed by atoms with Gasteiger partial charge in [0.05, 0.1) is 5.69 Å². The van der Waals surface area contributed by atoms with E-state index >= 15 is 0 Å². The van der Waals surface area contributed by atoms with Crippen molar-refractivity contribution < 1.29 is 5.11 Å². The molecular weight excluding hydrogens is 140 g/mol. The van der Waals surface area contributed by atoms with E-state index in [4.69, 9.17) is 0 Å². The van der Waals surface area contributed by atoms with Gasteiger partial charge in [0.15, 0.2) is 5.88 Å². The number of pyridine rings is 1. The molecule has 0 aliphatic rings. The molecule has 0 atom stereocenters. The van der Waals surface area contributed by atoms with Gasteiger partial charge in [-0.3, -0.25) is 4.40 Å². The molecule has 0 bridgehead atoms. The summed E-state index contributed by atoms with van der Waals surface area (Å²) in [4.78, 5) is 4.18. The fourth-order valence-electron chi connectivity index (χ4n) is 1.12. The lowest BCUT2D eigenvalue weighted by Gasteiger charge is -1.94. The zero-order chi connectivity index (χ0) is 7.84. The van der Waals surface area contributed by atoms with Crippen molar-refractivity contribution in [3.8, 4) is 5.88 Å². The number of aromatic hydroxyl groups is 1. The normalized spacial score (nSPS) is 10.6. The lowest BCUT2D eigenvalue weighted by molar-refractivity contribution is 0.446. The Hall–Kier alpha value is -1.51. The number of imidazole rings is 1. The molecule has 0 saturated heterocycles. The van der Waals surface area contributed by atoms with E-state index in [1.54, 1.807) is 22.7 Å². The Morgan fingerprint density at radius 3 is 3.00 bits per heavy atom. The summed E-state index contributed by atoms with van der Waals surface area (Å²) < 4.78 is 1.65. The molecule has 0 fully saturated rings. The number of hydrogen-bond donors (Lipinski definition) is 1. The maximum Gasteiger partial charge on any atom is 0.196 e. The van der Waals surface area contributed by atoms with Gasteiger partial charge < -0.3 is 5.11 Å². The highest BCUT2D eigenvalue weighted by molar-refractivity contribution is 5.42. The molecule has 0 radical (unpaired) electrons. The van der Waals surface area contributed by atoms with E-state index < -0.39 is 0 Å². The third-order valence-electron chi connectivity index (χ3n) is 1.59. The van der Waals surface area contributed by atoms with E-state index in [9.17, 15) is 5.11 Å². The van der Waals surface area contributed by atoms with Crippen LogP contribution < -0.4 is 0 Å². The van der Waals surface area contributed by atoms with Gasteiger partial charge in [0.1, 0.15) is 5.65 Å². The molecule has 11 heavy (non-hydrogen) atoms. The molecule has 3 heteroatoms. The second-order valence-corrected chi connectivity index (χ2v) is 2.49. The van der Waals surface area contributed by atoms with Crippen molar-refractivity contribution in [3.05, 3.63) is 30.1 Å². The van der Waals surface area contributed by atoms with Crippen LogP contribution in [-0.2, 0) is 0 Å². The largest absolute Gasteiger partial charge is 0.494 e. The Morgan fingerprint density at radius 2 is 2.27 bits per heavy atom. The van der Waals surface area contributed by atoms with Crippen LogP contribution in [-0.4, -0.2) is 14.5 Å². The molecule has 0 aliphatic heterocycles. The van der Waals surface area contributed by atoms with Crippen molar-refractivity contribution in [3.63, 3.8) is 0 Å². The first-order valence-corrected chi connectivity index (χ1v) is 3.41. The first kappa shape index (κ1) is 6.22. The van der Waals surface area contributed by atoms with Gasteiger partial charge in [0, 0.05) is 6.20 Å². The van der Waals surface area contributed by atoms with Crippen LogP contribution in [0.4, 0.5) is 0 Å². The van der Waals surface area contributed by atoms with E-state index in [0.717, 1.165) is 11.3 Å². The molecule has 3 nitrogen and oxygen atoms in total. The number of rotatable bonds is 0. The highest BCUT2D eigenvalue weighted by Crippen LogP contribution is 2.12. The van der Waals surface area contributed by atoms with Crippen molar-refractivity contribution in [2.45, 2.75) is 6.92 Å². The summed E-state index contributed by atoms with van der Waals surface area (Å²) >= 11 is 0. The van der Waals surface area contributed by atoms with Crippen LogP contribution in [0.2, 0.25) is 0 Å². The van der Waals surface area contributed by atoms with Crippen molar-refractivity contribution in [2.75, 3.05) is 0 Å². The zero-order valence-electron chi connectivity index (χ0n) is 6.15. The average Bonchev–Trinajstić information content (AvgIpc) is 2.31. The van der Waals surface area contributed by atoms with E-state index in [1.807, 2.05) is 13.0 Å². The molecule has 0 saturated carbocycles. The van der Waals surface area contributed by atoms with Crippen LogP contribution in [0.15, 0.2) is 24.4 Å². The Labute approximate surface area is 63.9 Å². The second kappa shape index (κ2) is 1.99. The molecule has 2 aromatic rings. The zero-order valence-corrected chi connectivity index (χ0v) is 6.15. The van der Waals surface area contributed by atoms with Gasteiger partial charge in [-0.2, -0.15) is 0 Å². The Morgan fingerprint density at radius 1 is 1.45 bits per heavy atom. The lowest BCUT2D eigenvalue weighted by atomic mass is 10.5. The van der Waals surface area contributed by atoms with Gasteiger partial charge in [-0.1, -0.05) is 6.07 Å². The SMILES string of the molecule is Cc1cn2c(O)cccc2n1. The van der Waals surface area contributed by atoms with Crippen LogP contribution in [0.1, 0.15) is 5.69 Å². The number of fused-ring (bicyclic) bond motifs is 1. The number of nitrogens with zero attached hydrogens (tertiary/aromatic N) is 2. The third kappa shape index (κ3) is 0.852. The van der Waals surface area contributed by atoms with Crippen LogP contribution in [0.25, 0.3) is 5.65 Å². The fraction of sp³-hybridized carbons (Fsp3) is 0.125. The van der Waals surface area contributed by atoms with Gasteiger partial charge in [0.2, 0.25) is 0 Å². The molecule has 2 rings (SSSR count). The summed E-state index contributed by atoms with van der Waals surface area (Å²) in [5.41, 5.74) is 1.69. The maximum atomic E-state index is 9.31. The van der Waals surface area contributed by atoms with Gasteiger partial charge in [0.25, 0.3) is 0 Å². The summed E-state index contributed by atoms with van der Waals surface area (Å²) in [5.74, 6) is 0.225. The van der Waals surface area contributed by atoms with Crippen molar-refractivity contribution in [1.82, 2.24) is 9.38 Å². The molecule has 1 N–H and O–H groups in total. The standard InChI is InChI=1S/C8H8N2O/c1-6-5-10-7(9-6)3-2-4-8(10)11/h2-5,11H,1H3. The first-order chi connectivity index (χ1) is 5.27. The summed E-state index contributed by atoms with van der Waals surface area (Å²) in [6, 6.07) is 5.26. The van der Waals surface area contributed by atoms with Crippen molar-refractivity contribution in [1.29, 1.82) is 0 Å². The second-order valence-electron chi connectivity index (χ2n) is 2.49. The van der Waals surface area contributed by atoms with Crippen molar-refractivity contribution in [2.24, 2.45) is 0 Å². The predicted molar refractivity (Wildman–Crippen MR) is 41.6 cm³/mol. The Bertz CT molecular complexity index is 392. The molecule has 56 valence electrons. The van der Waals surface area contributed by atoms with Crippen LogP contribution in [0.5, 0.6) is 5.88 Å². The molecule has 0 spiro atoms. The van der Waals surface area contributed by atoms with E-state index in [0.29, 0.717) is 0 Å². The minimum atomic E-state index is 0.225. The van der Waals surface area contributed by atoms with E-state index in [-0.39, 0.29) is 5.88 Å². The third-order valence-corrected chi connectivity index (χ3v) is 1.59. The lowest BCUT2D eigenvalue weighted by Crippen LogP contribution is -1.81. The Balaban J connectivity index is 2.90. The van der Waals surface area contributed by atoms with Crippen molar-refractivity contribution >= 4 is 5.65 Å². The maximum absolute atomic E-state index is 9.31. The van der Waals surface area contributed by atoms with E-state index in [1.165, 1.54) is 0 Å². The summed E-state index contributed by atoms with van der Waals surface area (Å²) in [6.45, 7) is 1.90. The van der Waals surface area contributed by atoms with Crippen LogP contribution in [0, 0.1) is 6.92 Å². The number of aryl methyl sites for hydroxylation is 1. The van der Waals surface area contributed by atoms with Gasteiger partial charge in [-0.25, -0.2) is 4.98 Å². The minimum Gasteiger partial charge on any atom is -0.494 e. The van der Waals surface area contributed by atoms with E-state index in [2.05, 4.69) is 4.98 Å². The topological polar surface area (TPSA) is 37.5 Å². The molecule has 0 unspecified atom stereocenters. The highest BCUT2D eigenvalue weighted by atomic mass is 16.3. The first-order valence-electron chi connectivity index (χ1n) is 3.41. The minimum absolute atomic E-state index is 0.225. The Kier molecular flexibility index (Phi) is 1.12. The van der Waals surface area contributed by atoms with Gasteiger partial charge >= 0.3 is 0 Å². The fourth-order valence-corrected chi connectivity index (χ4v) is 1.12. The number of hydrogen-bond acceptors (Lipinski definition) is 2. The quantitative estimate of drug-likeness (QED) is 0.612. The average molecular weight is 148 g/mol. The monoisotopic (exact) mass is 148 g/mol. The molecule has 0 amide bonds. The predicted octanol–water partition coefficient (Wildman–Crippen LogP) is 1.35. The molecule has 2 heterocycles. The smallest absolute Gasteiger partial charge is 0.196 e. The number of aromatic nitrogens is 2. The van der Waals surface area contributed by atoms with Gasteiger partial charge in [-0.15, -0.1) is 0 Å². The highest BCUT2D eigenvalue weighted by Gasteiger charge is 1.98. The summed E-state index contributed by atoms with van der Waals surface area (Å²) in [7, 11) is 0. The molecule has 2 aromatic heterocycles. The molecule has 0 aliphatic carbocycles. The van der Waals surface area contributed by atoms with Crippen LogP contribution >= 0.6 is 0 Å². The summed E-state index contributed by atoms with van der Waals surface area (Å²) in [6.07, 6.45) is 1.80. The molecular formula is C8H8N2O. The molecule has 0 aromatic carbocycles. The van der Waals surface area contributed by atoms with Gasteiger partial charge in [-0.05, 0) is 19.1 Å². The summed E-state index contributed by atoms with van der Waals surface area (Å²) in [5, 5.41) is 9.31. The van der Waals surface area contributed by atoms with Crippen LogP contribution in [0.3, 0.4) is 0 Å².